The standard InChI is InChI=1S/C19H26N2OS/c1-14(2)21(12-18-10-9-16(4)23-18)13-19(22)20-11-17-8-6-5-7-15(17)3/h5-10,14H,11-13H2,1-4H3,(H,20,22). The molecule has 0 spiro atoms. The Hall–Kier alpha value is -1.65. The maximum atomic E-state index is 12.3. The van der Waals surface area contributed by atoms with E-state index in [0.717, 1.165) is 6.54 Å². The topological polar surface area (TPSA) is 32.3 Å². The summed E-state index contributed by atoms with van der Waals surface area (Å²) in [6.07, 6.45) is 0. The van der Waals surface area contributed by atoms with Crippen LogP contribution in [0.3, 0.4) is 0 Å². The Balaban J connectivity index is 1.89. The first-order chi connectivity index (χ1) is 11.0. The molecule has 3 nitrogen and oxygen atoms in total. The summed E-state index contributed by atoms with van der Waals surface area (Å²) >= 11 is 1.80. The molecule has 1 N–H and O–H groups in total. The molecule has 0 saturated heterocycles. The van der Waals surface area contributed by atoms with E-state index in [-0.39, 0.29) is 5.91 Å². The van der Waals surface area contributed by atoms with Gasteiger partial charge in [0.2, 0.25) is 5.91 Å². The summed E-state index contributed by atoms with van der Waals surface area (Å²) < 4.78 is 0. The molecule has 23 heavy (non-hydrogen) atoms. The van der Waals surface area contributed by atoms with Gasteiger partial charge >= 0.3 is 0 Å². The van der Waals surface area contributed by atoms with Gasteiger partial charge in [0.05, 0.1) is 6.54 Å². The van der Waals surface area contributed by atoms with E-state index in [4.69, 9.17) is 0 Å². The number of amides is 1. The van der Waals surface area contributed by atoms with Crippen molar-refractivity contribution in [1.82, 2.24) is 10.2 Å². The van der Waals surface area contributed by atoms with Crippen molar-refractivity contribution in [3.8, 4) is 0 Å². The zero-order chi connectivity index (χ0) is 16.8. The minimum atomic E-state index is 0.0789. The predicted octanol–water partition coefficient (Wildman–Crippen LogP) is 3.89. The lowest BCUT2D eigenvalue weighted by atomic mass is 10.1. The molecule has 0 bridgehead atoms. The summed E-state index contributed by atoms with van der Waals surface area (Å²) in [5, 5.41) is 3.04. The van der Waals surface area contributed by atoms with E-state index in [2.05, 4.69) is 62.2 Å². The Morgan fingerprint density at radius 1 is 1.17 bits per heavy atom. The fourth-order valence-electron chi connectivity index (χ4n) is 2.43. The number of nitrogens with zero attached hydrogens (tertiary/aromatic N) is 1. The molecule has 124 valence electrons. The molecular weight excluding hydrogens is 304 g/mol. The summed E-state index contributed by atoms with van der Waals surface area (Å²) in [7, 11) is 0. The molecule has 0 unspecified atom stereocenters. The van der Waals surface area contributed by atoms with E-state index in [1.807, 2.05) is 12.1 Å². The largest absolute Gasteiger partial charge is 0.351 e. The summed E-state index contributed by atoms with van der Waals surface area (Å²) in [4.78, 5) is 17.1. The van der Waals surface area contributed by atoms with Crippen LogP contribution >= 0.6 is 11.3 Å². The average molecular weight is 330 g/mol. The first kappa shape index (κ1) is 17.7. The summed E-state index contributed by atoms with van der Waals surface area (Å²) in [5.74, 6) is 0.0789. The first-order valence-corrected chi connectivity index (χ1v) is 8.88. The van der Waals surface area contributed by atoms with Crippen LogP contribution in [0.4, 0.5) is 0 Å². The second-order valence-electron chi connectivity index (χ2n) is 6.21. The highest BCUT2D eigenvalue weighted by Gasteiger charge is 2.15. The maximum absolute atomic E-state index is 12.3. The smallest absolute Gasteiger partial charge is 0.234 e. The van der Waals surface area contributed by atoms with Crippen LogP contribution in [0.1, 0.15) is 34.7 Å². The lowest BCUT2D eigenvalue weighted by Crippen LogP contribution is -2.40. The highest BCUT2D eigenvalue weighted by molar-refractivity contribution is 7.11. The van der Waals surface area contributed by atoms with E-state index in [1.54, 1.807) is 11.3 Å². The number of thiophene rings is 1. The van der Waals surface area contributed by atoms with Gasteiger partial charge in [-0.05, 0) is 51.0 Å². The molecule has 1 amide bonds. The van der Waals surface area contributed by atoms with Crippen LogP contribution < -0.4 is 5.32 Å². The third-order valence-electron chi connectivity index (χ3n) is 3.97. The molecule has 0 aliphatic carbocycles. The number of benzene rings is 1. The quantitative estimate of drug-likeness (QED) is 0.835. The van der Waals surface area contributed by atoms with Gasteiger partial charge in [0.25, 0.3) is 0 Å². The Labute approximate surface area is 143 Å². The third kappa shape index (κ3) is 5.48. The molecular formula is C19H26N2OS. The van der Waals surface area contributed by atoms with Crippen molar-refractivity contribution in [1.29, 1.82) is 0 Å². The zero-order valence-electron chi connectivity index (χ0n) is 14.4. The number of hydrogen-bond donors (Lipinski definition) is 1. The van der Waals surface area contributed by atoms with Gasteiger partial charge in [-0.15, -0.1) is 11.3 Å². The molecule has 4 heteroatoms. The minimum Gasteiger partial charge on any atom is -0.351 e. The Bertz CT molecular complexity index is 648. The van der Waals surface area contributed by atoms with Crippen molar-refractivity contribution < 1.29 is 4.79 Å². The van der Waals surface area contributed by atoms with Crippen LogP contribution in [0.25, 0.3) is 0 Å². The van der Waals surface area contributed by atoms with Crippen molar-refractivity contribution in [2.75, 3.05) is 6.54 Å². The van der Waals surface area contributed by atoms with E-state index in [1.165, 1.54) is 20.9 Å². The van der Waals surface area contributed by atoms with Crippen LogP contribution in [0.2, 0.25) is 0 Å². The molecule has 2 aromatic rings. The molecule has 0 aliphatic heterocycles. The summed E-state index contributed by atoms with van der Waals surface area (Å²) in [6, 6.07) is 12.8. The van der Waals surface area contributed by atoms with Crippen LogP contribution in [0.5, 0.6) is 0 Å². The molecule has 1 aromatic carbocycles. The van der Waals surface area contributed by atoms with Crippen molar-refractivity contribution in [3.05, 3.63) is 57.3 Å². The second kappa shape index (κ2) is 8.27. The first-order valence-electron chi connectivity index (χ1n) is 8.06. The number of aryl methyl sites for hydroxylation is 2. The summed E-state index contributed by atoms with van der Waals surface area (Å²) in [6.45, 7) is 10.3. The fourth-order valence-corrected chi connectivity index (χ4v) is 3.35. The minimum absolute atomic E-state index is 0.0789. The number of carbonyl (C=O) groups is 1. The van der Waals surface area contributed by atoms with Crippen molar-refractivity contribution >= 4 is 17.2 Å². The van der Waals surface area contributed by atoms with Gasteiger partial charge in [-0.1, -0.05) is 24.3 Å². The molecule has 0 atom stereocenters. The fraction of sp³-hybridized carbons (Fsp3) is 0.421. The number of carbonyl (C=O) groups excluding carboxylic acids is 1. The van der Waals surface area contributed by atoms with Gasteiger partial charge in [-0.25, -0.2) is 0 Å². The number of nitrogens with one attached hydrogen (secondary N) is 1. The van der Waals surface area contributed by atoms with Crippen molar-refractivity contribution in [3.63, 3.8) is 0 Å². The highest BCUT2D eigenvalue weighted by Crippen LogP contribution is 2.18. The van der Waals surface area contributed by atoms with Gasteiger partial charge in [-0.2, -0.15) is 0 Å². The van der Waals surface area contributed by atoms with Crippen molar-refractivity contribution in [2.45, 2.75) is 46.8 Å². The Kier molecular flexibility index (Phi) is 6.37. The average Bonchev–Trinajstić information content (AvgIpc) is 2.91. The van der Waals surface area contributed by atoms with Crippen LogP contribution in [0.15, 0.2) is 36.4 Å². The SMILES string of the molecule is Cc1ccc(CN(CC(=O)NCc2ccccc2C)C(C)C)s1. The monoisotopic (exact) mass is 330 g/mol. The molecule has 1 aromatic heterocycles. The van der Waals surface area contributed by atoms with E-state index < -0.39 is 0 Å². The maximum Gasteiger partial charge on any atom is 0.234 e. The lowest BCUT2D eigenvalue weighted by Gasteiger charge is -2.25. The van der Waals surface area contributed by atoms with Gasteiger partial charge in [0.15, 0.2) is 0 Å². The molecule has 0 saturated carbocycles. The van der Waals surface area contributed by atoms with E-state index in [9.17, 15) is 4.79 Å². The number of hydrogen-bond acceptors (Lipinski definition) is 3. The Morgan fingerprint density at radius 3 is 2.52 bits per heavy atom. The molecule has 0 fully saturated rings. The molecule has 0 radical (unpaired) electrons. The van der Waals surface area contributed by atoms with Crippen LogP contribution in [-0.2, 0) is 17.9 Å². The van der Waals surface area contributed by atoms with Crippen molar-refractivity contribution in [2.24, 2.45) is 0 Å². The van der Waals surface area contributed by atoms with Gasteiger partial charge < -0.3 is 5.32 Å². The van der Waals surface area contributed by atoms with E-state index >= 15 is 0 Å². The Morgan fingerprint density at radius 2 is 1.91 bits per heavy atom. The van der Waals surface area contributed by atoms with Crippen LogP contribution in [-0.4, -0.2) is 23.4 Å². The number of rotatable bonds is 7. The zero-order valence-corrected chi connectivity index (χ0v) is 15.2. The predicted molar refractivity (Wildman–Crippen MR) is 97.6 cm³/mol. The third-order valence-corrected chi connectivity index (χ3v) is 4.95. The molecule has 1 heterocycles. The van der Waals surface area contributed by atoms with E-state index in [0.29, 0.717) is 19.1 Å². The highest BCUT2D eigenvalue weighted by atomic mass is 32.1. The molecule has 2 rings (SSSR count). The van der Waals surface area contributed by atoms with Gasteiger partial charge in [-0.3, -0.25) is 9.69 Å². The van der Waals surface area contributed by atoms with Gasteiger partial charge in [0.1, 0.15) is 0 Å². The van der Waals surface area contributed by atoms with Gasteiger partial charge in [0, 0.05) is 28.9 Å². The second-order valence-corrected chi connectivity index (χ2v) is 7.59. The lowest BCUT2D eigenvalue weighted by molar-refractivity contribution is -0.123. The molecule has 0 aliphatic rings. The normalized spacial score (nSPS) is 11.2. The van der Waals surface area contributed by atoms with Crippen LogP contribution in [0, 0.1) is 13.8 Å². The summed E-state index contributed by atoms with van der Waals surface area (Å²) in [5.41, 5.74) is 2.38.